The molecule has 0 aliphatic heterocycles. The highest BCUT2D eigenvalue weighted by Gasteiger charge is 2.08. The van der Waals surface area contributed by atoms with Crippen LogP contribution < -0.4 is 10.2 Å². The average molecular weight is 373 g/mol. The summed E-state index contributed by atoms with van der Waals surface area (Å²) in [4.78, 5) is 15.5. The zero-order valence-electron chi connectivity index (χ0n) is 16.0. The lowest BCUT2D eigenvalue weighted by atomic mass is 10.1. The number of aryl methyl sites for hydroxylation is 2. The number of nitrogens with one attached hydrogen (secondary N) is 1. The van der Waals surface area contributed by atoms with Crippen molar-refractivity contribution in [2.24, 2.45) is 0 Å². The van der Waals surface area contributed by atoms with Gasteiger partial charge in [0, 0.05) is 35.1 Å². The number of thioether (sulfide) groups is 1. The van der Waals surface area contributed by atoms with Gasteiger partial charge in [0.15, 0.2) is 0 Å². The maximum atomic E-state index is 12.0. The van der Waals surface area contributed by atoms with E-state index >= 15 is 0 Å². The Morgan fingerprint density at radius 1 is 1.08 bits per heavy atom. The van der Waals surface area contributed by atoms with E-state index in [9.17, 15) is 4.79 Å². The number of hydrogen-bond acceptors (Lipinski definition) is 4. The van der Waals surface area contributed by atoms with Crippen LogP contribution in [0.2, 0.25) is 0 Å². The summed E-state index contributed by atoms with van der Waals surface area (Å²) in [5.74, 6) is 0.733. The van der Waals surface area contributed by atoms with Crippen LogP contribution in [0.4, 0.5) is 16.2 Å². The molecule has 2 aromatic carbocycles. The van der Waals surface area contributed by atoms with Crippen molar-refractivity contribution in [3.8, 4) is 0 Å². The minimum atomic E-state index is -0.409. The van der Waals surface area contributed by atoms with Gasteiger partial charge in [-0.1, -0.05) is 17.7 Å². The molecular weight excluding hydrogens is 344 g/mol. The zero-order valence-corrected chi connectivity index (χ0v) is 16.9. The summed E-state index contributed by atoms with van der Waals surface area (Å²) < 4.78 is 5.29. The molecule has 1 N–H and O–H groups in total. The monoisotopic (exact) mass is 372 g/mol. The molecule has 5 heteroatoms. The molecule has 0 radical (unpaired) electrons. The number of ether oxygens (including phenoxy) is 1. The highest BCUT2D eigenvalue weighted by molar-refractivity contribution is 7.99. The summed E-state index contributed by atoms with van der Waals surface area (Å²) in [7, 11) is 0. The van der Waals surface area contributed by atoms with Crippen molar-refractivity contribution in [3.63, 3.8) is 0 Å². The Hall–Kier alpha value is -2.14. The van der Waals surface area contributed by atoms with E-state index in [1.165, 1.54) is 16.1 Å². The van der Waals surface area contributed by atoms with E-state index in [4.69, 9.17) is 4.74 Å². The van der Waals surface area contributed by atoms with Gasteiger partial charge in [-0.3, -0.25) is 5.32 Å². The minimum absolute atomic E-state index is 0.376. The summed E-state index contributed by atoms with van der Waals surface area (Å²) in [6.07, 6.45) is -0.409. The Labute approximate surface area is 160 Å². The van der Waals surface area contributed by atoms with Crippen LogP contribution >= 0.6 is 11.8 Å². The molecule has 26 heavy (non-hydrogen) atoms. The molecule has 1 amide bonds. The van der Waals surface area contributed by atoms with Crippen LogP contribution in [0.5, 0.6) is 0 Å². The smallest absolute Gasteiger partial charge is 0.411 e. The third kappa shape index (κ3) is 5.99. The van der Waals surface area contributed by atoms with Gasteiger partial charge in [0.05, 0.1) is 0 Å². The van der Waals surface area contributed by atoms with E-state index in [0.717, 1.165) is 30.1 Å². The second-order valence-corrected chi connectivity index (χ2v) is 7.26. The third-order valence-electron chi connectivity index (χ3n) is 4.18. The summed E-state index contributed by atoms with van der Waals surface area (Å²) in [6.45, 7) is 10.6. The zero-order chi connectivity index (χ0) is 18.9. The normalized spacial score (nSPS) is 10.5. The highest BCUT2D eigenvalue weighted by atomic mass is 32.2. The summed E-state index contributed by atoms with van der Waals surface area (Å²) in [5.41, 5.74) is 4.23. The topological polar surface area (TPSA) is 41.6 Å². The van der Waals surface area contributed by atoms with Crippen molar-refractivity contribution >= 4 is 29.2 Å². The molecule has 0 unspecified atom stereocenters. The second-order valence-electron chi connectivity index (χ2n) is 6.09. The van der Waals surface area contributed by atoms with Crippen LogP contribution in [0.3, 0.4) is 0 Å². The molecule has 0 saturated carbocycles. The minimum Gasteiger partial charge on any atom is -0.448 e. The molecule has 4 nitrogen and oxygen atoms in total. The molecule has 0 spiro atoms. The number of benzene rings is 2. The highest BCUT2D eigenvalue weighted by Crippen LogP contribution is 2.23. The molecular formula is C21H28N2O2S. The van der Waals surface area contributed by atoms with Crippen LogP contribution in [-0.2, 0) is 4.74 Å². The van der Waals surface area contributed by atoms with E-state index in [-0.39, 0.29) is 0 Å². The van der Waals surface area contributed by atoms with Gasteiger partial charge >= 0.3 is 6.09 Å². The molecule has 0 aromatic heterocycles. The van der Waals surface area contributed by atoms with Crippen LogP contribution in [-0.4, -0.2) is 31.5 Å². The Balaban J connectivity index is 1.79. The predicted octanol–water partition coefficient (Wildman–Crippen LogP) is 5.49. The Bertz CT molecular complexity index is 712. The van der Waals surface area contributed by atoms with E-state index in [1.54, 1.807) is 11.8 Å². The molecule has 140 valence electrons. The first-order valence-corrected chi connectivity index (χ1v) is 10.0. The number of nitrogens with zero attached hydrogens (tertiary/aromatic N) is 1. The van der Waals surface area contributed by atoms with Gasteiger partial charge in [0.25, 0.3) is 0 Å². The molecule has 0 atom stereocenters. The number of anilines is 2. The molecule has 0 saturated heterocycles. The van der Waals surface area contributed by atoms with E-state index < -0.39 is 6.09 Å². The maximum Gasteiger partial charge on any atom is 0.411 e. The Morgan fingerprint density at radius 3 is 2.38 bits per heavy atom. The van der Waals surface area contributed by atoms with Gasteiger partial charge in [-0.05, 0) is 63.6 Å². The number of carbonyl (C=O) groups is 1. The molecule has 0 aliphatic rings. The third-order valence-corrected chi connectivity index (χ3v) is 5.16. The van der Waals surface area contributed by atoms with Crippen molar-refractivity contribution < 1.29 is 9.53 Å². The molecule has 0 heterocycles. The number of rotatable bonds is 8. The van der Waals surface area contributed by atoms with Gasteiger partial charge in [-0.25, -0.2) is 4.79 Å². The van der Waals surface area contributed by atoms with Gasteiger partial charge in [-0.2, -0.15) is 0 Å². The summed E-state index contributed by atoms with van der Waals surface area (Å²) in [6, 6.07) is 14.4. The van der Waals surface area contributed by atoms with Crippen LogP contribution in [0.25, 0.3) is 0 Å². The van der Waals surface area contributed by atoms with Crippen molar-refractivity contribution in [2.75, 3.05) is 35.7 Å². The van der Waals surface area contributed by atoms with Crippen molar-refractivity contribution in [3.05, 3.63) is 53.6 Å². The van der Waals surface area contributed by atoms with E-state index in [1.807, 2.05) is 19.1 Å². The molecule has 2 aromatic rings. The maximum absolute atomic E-state index is 12.0. The summed E-state index contributed by atoms with van der Waals surface area (Å²) >= 11 is 1.68. The van der Waals surface area contributed by atoms with Crippen molar-refractivity contribution in [1.82, 2.24) is 0 Å². The number of amides is 1. The van der Waals surface area contributed by atoms with E-state index in [0.29, 0.717) is 6.61 Å². The van der Waals surface area contributed by atoms with Crippen LogP contribution in [0, 0.1) is 13.8 Å². The lowest BCUT2D eigenvalue weighted by Crippen LogP contribution is -2.22. The average Bonchev–Trinajstić information content (AvgIpc) is 2.63. The lowest BCUT2D eigenvalue weighted by Gasteiger charge is -2.22. The van der Waals surface area contributed by atoms with Crippen LogP contribution in [0.15, 0.2) is 47.4 Å². The largest absolute Gasteiger partial charge is 0.448 e. The molecule has 0 fully saturated rings. The van der Waals surface area contributed by atoms with Gasteiger partial charge < -0.3 is 9.64 Å². The number of hydrogen-bond donors (Lipinski definition) is 1. The molecule has 0 aliphatic carbocycles. The fourth-order valence-corrected chi connectivity index (χ4v) is 3.38. The number of carbonyl (C=O) groups excluding carboxylic acids is 1. The standard InChI is InChI=1S/C21H28N2O2S/c1-5-23(6-2)18-9-12-20(17(4)15-18)22-21(24)25-13-14-26-19-10-7-16(3)8-11-19/h7-12,15H,5-6,13-14H2,1-4H3,(H,22,24). The van der Waals surface area contributed by atoms with Gasteiger partial charge in [-0.15, -0.1) is 11.8 Å². The Morgan fingerprint density at radius 2 is 1.77 bits per heavy atom. The molecule has 0 bridgehead atoms. The SMILES string of the molecule is CCN(CC)c1ccc(NC(=O)OCCSc2ccc(C)cc2)c(C)c1. The van der Waals surface area contributed by atoms with Crippen LogP contribution in [0.1, 0.15) is 25.0 Å². The van der Waals surface area contributed by atoms with E-state index in [2.05, 4.69) is 61.3 Å². The fourth-order valence-electron chi connectivity index (χ4n) is 2.65. The lowest BCUT2D eigenvalue weighted by molar-refractivity contribution is 0.169. The fraction of sp³-hybridized carbons (Fsp3) is 0.381. The molecule has 2 rings (SSSR count). The van der Waals surface area contributed by atoms with Crippen molar-refractivity contribution in [1.29, 1.82) is 0 Å². The van der Waals surface area contributed by atoms with Gasteiger partial charge in [0.1, 0.15) is 6.61 Å². The second kappa shape index (κ2) is 10.1. The van der Waals surface area contributed by atoms with Gasteiger partial charge in [0.2, 0.25) is 0 Å². The predicted molar refractivity (Wildman–Crippen MR) is 112 cm³/mol. The Kier molecular flexibility index (Phi) is 7.85. The first kappa shape index (κ1) is 20.2. The quantitative estimate of drug-likeness (QED) is 0.491. The first-order valence-electron chi connectivity index (χ1n) is 9.02. The first-order chi connectivity index (χ1) is 12.5. The van der Waals surface area contributed by atoms with Crippen molar-refractivity contribution in [2.45, 2.75) is 32.6 Å². The summed E-state index contributed by atoms with van der Waals surface area (Å²) in [5, 5.41) is 2.83.